The first-order valence-corrected chi connectivity index (χ1v) is 41.1. The molecule has 0 spiro atoms. The van der Waals surface area contributed by atoms with Gasteiger partial charge >= 0.3 is 0 Å². The highest BCUT2D eigenvalue weighted by Crippen LogP contribution is 2.49. The van der Waals surface area contributed by atoms with Gasteiger partial charge in [-0.2, -0.15) is 0 Å². The molecule has 26 aromatic rings. The highest BCUT2D eigenvalue weighted by Gasteiger charge is 2.27. The van der Waals surface area contributed by atoms with Crippen LogP contribution in [0.15, 0.2) is 388 Å². The van der Waals surface area contributed by atoms with Crippen molar-refractivity contribution < 1.29 is 4.42 Å². The van der Waals surface area contributed by atoms with E-state index in [0.717, 1.165) is 210 Å². The van der Waals surface area contributed by atoms with Crippen molar-refractivity contribution in [3.8, 4) is 84.5 Å². The van der Waals surface area contributed by atoms with E-state index >= 15 is 0 Å². The topological polar surface area (TPSA) is 141 Å². The molecule has 0 amide bonds. The van der Waals surface area contributed by atoms with Gasteiger partial charge in [-0.05, 0) is 227 Å². The summed E-state index contributed by atoms with van der Waals surface area (Å²) in [6.07, 6.45) is 18.8. The zero-order valence-electron chi connectivity index (χ0n) is 64.5. The third kappa shape index (κ3) is 10.6. The molecule has 0 N–H and O–H groups in total. The minimum absolute atomic E-state index is 0.806. The maximum atomic E-state index is 7.23. The smallest absolute Gasteiger partial charge is 0.159 e. The lowest BCUT2D eigenvalue weighted by molar-refractivity contribution is 0.664. The van der Waals surface area contributed by atoms with Gasteiger partial charge in [0.15, 0.2) is 11.2 Å². The van der Waals surface area contributed by atoms with Gasteiger partial charge in [-0.1, -0.05) is 133 Å². The van der Waals surface area contributed by atoms with E-state index in [1.165, 1.54) is 25.7 Å². The van der Waals surface area contributed by atoms with Crippen LogP contribution in [0.25, 0.3) is 236 Å². The van der Waals surface area contributed by atoms with Crippen molar-refractivity contribution >= 4 is 163 Å². The van der Waals surface area contributed by atoms with Gasteiger partial charge in [0, 0.05) is 147 Å². The molecule has 0 aliphatic rings. The van der Waals surface area contributed by atoms with Crippen LogP contribution >= 0.6 is 11.3 Å². The van der Waals surface area contributed by atoms with Crippen molar-refractivity contribution in [1.29, 1.82) is 0 Å². The van der Waals surface area contributed by atoms with Gasteiger partial charge in [-0.3, -0.25) is 39.0 Å². The molecule has 14 nitrogen and oxygen atoms in total. The van der Waals surface area contributed by atoms with Gasteiger partial charge in [-0.15, -0.1) is 11.3 Å². The second kappa shape index (κ2) is 27.1. The number of aromatic nitrogens is 13. The zero-order chi connectivity index (χ0) is 79.3. The van der Waals surface area contributed by atoms with E-state index in [-0.39, 0.29) is 0 Å². The Morgan fingerprint density at radius 2 is 0.694 bits per heavy atom. The van der Waals surface area contributed by atoms with Crippen LogP contribution in [-0.2, 0) is 0 Å². The Morgan fingerprint density at radius 1 is 0.231 bits per heavy atom. The summed E-state index contributed by atoms with van der Waals surface area (Å²) >= 11 is 1.85. The molecule has 0 saturated heterocycles. The Hall–Kier alpha value is -16.4. The van der Waals surface area contributed by atoms with Gasteiger partial charge < -0.3 is 18.1 Å². The molecule has 0 bridgehead atoms. The van der Waals surface area contributed by atoms with Crippen LogP contribution < -0.4 is 0 Å². The highest BCUT2D eigenvalue weighted by atomic mass is 32.1. The van der Waals surface area contributed by atoms with Crippen LogP contribution in [0.1, 0.15) is 0 Å². The van der Waals surface area contributed by atoms with Gasteiger partial charge in [-0.25, -0.2) is 9.97 Å². The van der Waals surface area contributed by atoms with Crippen molar-refractivity contribution in [2.75, 3.05) is 0 Å². The van der Waals surface area contributed by atoms with Crippen LogP contribution in [0.2, 0.25) is 0 Å². The Kier molecular flexibility index (Phi) is 15.2. The summed E-state index contributed by atoms with van der Waals surface area (Å²) in [6, 6.07) is 114. The molecule has 26 rings (SSSR count). The average Bonchev–Trinajstić information content (AvgIpc) is 1.55. The normalized spacial score (nSPS) is 12.0. The van der Waals surface area contributed by atoms with Crippen LogP contribution in [0.3, 0.4) is 0 Å². The Bertz CT molecular complexity index is 8630. The molecule has 0 radical (unpaired) electrons. The maximum Gasteiger partial charge on any atom is 0.159 e. The van der Waals surface area contributed by atoms with Gasteiger partial charge in [0.1, 0.15) is 11.6 Å². The fraction of sp³-hybridized carbons (Fsp3) is 0. The third-order valence-electron chi connectivity index (χ3n) is 24.0. The van der Waals surface area contributed by atoms with E-state index in [0.29, 0.717) is 0 Å². The number of pyridine rings is 8. The Balaban J connectivity index is 0.000000134. The van der Waals surface area contributed by atoms with Crippen LogP contribution in [-0.4, -0.2) is 62.7 Å². The van der Waals surface area contributed by atoms with Crippen molar-refractivity contribution in [1.82, 2.24) is 62.7 Å². The number of furan rings is 1. The lowest BCUT2D eigenvalue weighted by Gasteiger charge is -2.12. The Labute approximate surface area is 693 Å². The second-order valence-corrected chi connectivity index (χ2v) is 31.7. The van der Waals surface area contributed by atoms with Crippen molar-refractivity contribution in [2.45, 2.75) is 0 Å². The lowest BCUT2D eigenvalue weighted by Crippen LogP contribution is -1.96. The molecule has 15 heteroatoms. The molecule has 15 aromatic heterocycles. The number of rotatable bonds is 10. The number of fused-ring (bicyclic) bond motifs is 21. The number of hydrogen-bond donors (Lipinski definition) is 0. The number of para-hydroxylation sites is 4. The molecule has 0 unspecified atom stereocenters. The largest absolute Gasteiger partial charge is 0.452 e. The SMILES string of the molecule is c1ccc(-c2ccccc2-c2ccc3sc4c(-c5ccc6c(c5)c5cnccc5n6-c5ccccn5)cc(-c5ccc6c(c5)c5cnccc5n6-c5ccccn5)cc4c3c2)nc1.c1ccc(-n2c3ccc(-c4cc(-n5c6ccccc6c6ncccc65)c5oc6c(-n7c8ccccc8c8ncccc87)cccc6c5c4)cc3c3ncccc32)cc1. The maximum absolute atomic E-state index is 7.23. The average molecular weight is 1570 g/mol. The molecule has 0 saturated carbocycles. The third-order valence-corrected chi connectivity index (χ3v) is 25.3. The van der Waals surface area contributed by atoms with Gasteiger partial charge in [0.2, 0.25) is 0 Å². The molecule has 15 heterocycles. The van der Waals surface area contributed by atoms with Crippen LogP contribution in [0, 0.1) is 0 Å². The first-order valence-electron chi connectivity index (χ1n) is 40.3. The van der Waals surface area contributed by atoms with Crippen LogP contribution in [0.4, 0.5) is 0 Å². The molecule has 0 aliphatic carbocycles. The van der Waals surface area contributed by atoms with Crippen molar-refractivity contribution in [2.24, 2.45) is 0 Å². The molecule has 0 atom stereocenters. The summed E-state index contributed by atoms with van der Waals surface area (Å²) < 4.78 is 21.1. The van der Waals surface area contributed by atoms with Crippen molar-refractivity contribution in [3.63, 3.8) is 0 Å². The second-order valence-electron chi connectivity index (χ2n) is 30.6. The Morgan fingerprint density at radius 3 is 1.34 bits per heavy atom. The first kappa shape index (κ1) is 67.9. The summed E-state index contributed by atoms with van der Waals surface area (Å²) in [5.74, 6) is 1.75. The summed E-state index contributed by atoms with van der Waals surface area (Å²) in [7, 11) is 0. The monoisotopic (exact) mass is 1570 g/mol. The number of nitrogens with zero attached hydrogens (tertiary/aromatic N) is 13. The first-order chi connectivity index (χ1) is 60.0. The highest BCUT2D eigenvalue weighted by molar-refractivity contribution is 7.26. The number of benzene rings is 11. The minimum atomic E-state index is 0.806. The van der Waals surface area contributed by atoms with Crippen LogP contribution in [0.5, 0.6) is 0 Å². The molecule has 0 aliphatic heterocycles. The zero-order valence-corrected chi connectivity index (χ0v) is 65.3. The van der Waals surface area contributed by atoms with E-state index in [1.54, 1.807) is 0 Å². The van der Waals surface area contributed by atoms with Gasteiger partial charge in [0.25, 0.3) is 0 Å². The van der Waals surface area contributed by atoms with E-state index < -0.39 is 0 Å². The molecule has 121 heavy (non-hydrogen) atoms. The molecule has 11 aromatic carbocycles. The quantitative estimate of drug-likeness (QED) is 0.131. The molecule has 0 fully saturated rings. The van der Waals surface area contributed by atoms with E-state index in [1.807, 2.05) is 128 Å². The fourth-order valence-electron chi connectivity index (χ4n) is 18.8. The van der Waals surface area contributed by atoms with E-state index in [4.69, 9.17) is 34.3 Å². The van der Waals surface area contributed by atoms with E-state index in [2.05, 4.69) is 300 Å². The predicted molar refractivity (Wildman–Crippen MR) is 494 cm³/mol. The lowest BCUT2D eigenvalue weighted by atomic mass is 9.93. The summed E-state index contributed by atoms with van der Waals surface area (Å²) in [4.78, 5) is 38.0. The minimum Gasteiger partial charge on any atom is -0.452 e. The summed E-state index contributed by atoms with van der Waals surface area (Å²) in [5.41, 5.74) is 29.3. The van der Waals surface area contributed by atoms with Crippen molar-refractivity contribution in [3.05, 3.63) is 383 Å². The van der Waals surface area contributed by atoms with E-state index in [9.17, 15) is 0 Å². The number of thiophene rings is 1. The van der Waals surface area contributed by atoms with Gasteiger partial charge in [0.05, 0.1) is 88.8 Å². The summed E-state index contributed by atoms with van der Waals surface area (Å²) in [6.45, 7) is 0. The standard InChI is InChI=1S/C55H33N7S.C51H30N6O/c1-2-10-39(47-11-3-6-22-58-47)38(9-1)35-16-19-52-43(29-35)44-31-37(34-14-17-48-41(27-34)45-32-56-25-20-50(45)61(48)53-12-4-7-23-59-53)30-40(55(44)63-52)36-15-18-49-42(28-36)46-33-57-26-21-51(46)62(49)54-13-5-8-24-60-54;1-2-12-33(13-3-1)55-41-24-23-31(28-38(41)49-42(55)20-9-27-54-49)32-29-37-34-16-8-19-45(56-39-17-6-4-14-35(39)47-43(56)21-10-25-52-47)50(34)58-51(37)46(30-32)57-40-18-7-5-15-36(40)48-44(57)22-11-26-53-48/h1-33H;1-30H. The number of hydrogen-bond acceptors (Lipinski definition) is 10. The molecular formula is C106H63N13OS. The predicted octanol–water partition coefficient (Wildman–Crippen LogP) is 26.6. The summed E-state index contributed by atoms with van der Waals surface area (Å²) in [5, 5.41) is 12.2. The molecule has 564 valence electrons. The fourth-order valence-corrected chi connectivity index (χ4v) is 20.0. The molecular weight excluding hydrogens is 1500 g/mol.